The lowest BCUT2D eigenvalue weighted by atomic mass is 9.95. The van der Waals surface area contributed by atoms with Crippen LogP contribution < -0.4 is 4.90 Å². The van der Waals surface area contributed by atoms with Gasteiger partial charge >= 0.3 is 0 Å². The number of carbonyl (C=O) groups is 2. The summed E-state index contributed by atoms with van der Waals surface area (Å²) in [5, 5.41) is 19.8. The number of hydrogen-bond acceptors (Lipinski definition) is 7. The van der Waals surface area contributed by atoms with E-state index in [9.17, 15) is 14.7 Å². The van der Waals surface area contributed by atoms with Crippen molar-refractivity contribution >= 4 is 46.0 Å². The molecule has 0 radical (unpaired) electrons. The van der Waals surface area contributed by atoms with Crippen LogP contribution in [0.5, 0.6) is 0 Å². The summed E-state index contributed by atoms with van der Waals surface area (Å²) < 4.78 is 0.694. The number of anilines is 1. The Morgan fingerprint density at radius 1 is 0.974 bits per heavy atom. The number of benzene rings is 3. The van der Waals surface area contributed by atoms with Crippen molar-refractivity contribution in [3.8, 4) is 0 Å². The monoisotopic (exact) mass is 539 g/mol. The molecule has 4 aromatic rings. The van der Waals surface area contributed by atoms with Crippen molar-refractivity contribution in [2.45, 2.75) is 29.5 Å². The van der Waals surface area contributed by atoms with Gasteiger partial charge in [-0.15, -0.1) is 10.2 Å². The van der Waals surface area contributed by atoms with E-state index in [1.165, 1.54) is 34.1 Å². The first-order valence-corrected chi connectivity index (χ1v) is 14.0. The molecule has 5 rings (SSSR count). The third-order valence-electron chi connectivity index (χ3n) is 6.21. The van der Waals surface area contributed by atoms with Crippen molar-refractivity contribution in [3.63, 3.8) is 0 Å². The molecular formula is C30H25N3O3S2. The van der Waals surface area contributed by atoms with Crippen LogP contribution in [0.3, 0.4) is 0 Å². The maximum Gasteiger partial charge on any atom is 0.296 e. The zero-order valence-corrected chi connectivity index (χ0v) is 22.3. The molecule has 1 aromatic heterocycles. The van der Waals surface area contributed by atoms with Crippen LogP contribution in [-0.2, 0) is 21.8 Å². The molecule has 2 heterocycles. The third-order valence-corrected chi connectivity index (χ3v) is 8.34. The van der Waals surface area contributed by atoms with E-state index in [1.807, 2.05) is 84.9 Å². The minimum absolute atomic E-state index is 0.0279. The van der Waals surface area contributed by atoms with Gasteiger partial charge in [0.05, 0.1) is 11.6 Å². The summed E-state index contributed by atoms with van der Waals surface area (Å²) in [6.07, 6.45) is 3.93. The Labute approximate surface area is 229 Å². The smallest absolute Gasteiger partial charge is 0.296 e. The fraction of sp³-hybridized carbons (Fsp3) is 0.133. The molecule has 0 bridgehead atoms. The van der Waals surface area contributed by atoms with Gasteiger partial charge in [-0.3, -0.25) is 14.5 Å². The quantitative estimate of drug-likeness (QED) is 0.147. The van der Waals surface area contributed by atoms with Crippen LogP contribution in [0.1, 0.15) is 35.2 Å². The molecule has 6 nitrogen and oxygen atoms in total. The van der Waals surface area contributed by atoms with Crippen molar-refractivity contribution in [3.05, 3.63) is 125 Å². The van der Waals surface area contributed by atoms with Gasteiger partial charge in [-0.25, -0.2) is 0 Å². The minimum atomic E-state index is -0.818. The number of thioether (sulfide) groups is 1. The molecule has 1 N–H and O–H groups in total. The molecule has 8 heteroatoms. The molecule has 3 aromatic carbocycles. The van der Waals surface area contributed by atoms with E-state index in [1.54, 1.807) is 6.08 Å². The molecule has 0 aliphatic carbocycles. The number of allylic oxidation sites excluding steroid dienone is 1. The van der Waals surface area contributed by atoms with Crippen molar-refractivity contribution in [2.75, 3.05) is 4.90 Å². The molecule has 1 unspecified atom stereocenters. The zero-order chi connectivity index (χ0) is 26.5. The number of rotatable bonds is 9. The highest BCUT2D eigenvalue weighted by molar-refractivity contribution is 8.00. The standard InChI is InChI=1S/C30H25N3O3S2/c1-2-20-13-16-23(17-14-20)26-25(24(34)18-15-21-9-5-3-6-10-21)27(35)28(36)33(26)29-31-32-30(38-29)37-19-22-11-7-4-8-12-22/h3-18,26,35H,2,19H2,1H3/b18-15+. The van der Waals surface area contributed by atoms with Gasteiger partial charge in [0.15, 0.2) is 15.9 Å². The average Bonchev–Trinajstić information content (AvgIpc) is 3.53. The van der Waals surface area contributed by atoms with E-state index >= 15 is 0 Å². The van der Waals surface area contributed by atoms with E-state index in [0.717, 1.165) is 23.1 Å². The SMILES string of the molecule is CCc1ccc(C2C(C(=O)/C=C/c3ccccc3)=C(O)C(=O)N2c2nnc(SCc3ccccc3)s2)cc1. The Bertz CT molecular complexity index is 1500. The van der Waals surface area contributed by atoms with E-state index < -0.39 is 23.5 Å². The molecule has 1 aliphatic rings. The fourth-order valence-electron chi connectivity index (χ4n) is 4.21. The minimum Gasteiger partial charge on any atom is -0.503 e. The van der Waals surface area contributed by atoms with Crippen molar-refractivity contribution < 1.29 is 14.7 Å². The average molecular weight is 540 g/mol. The highest BCUT2D eigenvalue weighted by atomic mass is 32.2. The lowest BCUT2D eigenvalue weighted by Crippen LogP contribution is -2.30. The molecule has 1 atom stereocenters. The number of nitrogens with zero attached hydrogens (tertiary/aromatic N) is 3. The Hall–Kier alpha value is -4.01. The summed E-state index contributed by atoms with van der Waals surface area (Å²) in [5.41, 5.74) is 3.86. The van der Waals surface area contributed by atoms with Gasteiger partial charge < -0.3 is 5.11 Å². The highest BCUT2D eigenvalue weighted by Gasteiger charge is 2.45. The molecule has 0 saturated heterocycles. The summed E-state index contributed by atoms with van der Waals surface area (Å²) in [5.74, 6) is -0.953. The summed E-state index contributed by atoms with van der Waals surface area (Å²) in [6.45, 7) is 2.06. The largest absolute Gasteiger partial charge is 0.503 e. The molecule has 38 heavy (non-hydrogen) atoms. The lowest BCUT2D eigenvalue weighted by Gasteiger charge is -2.24. The number of aliphatic hydroxyl groups is 1. The number of amides is 1. The number of aryl methyl sites for hydroxylation is 1. The van der Waals surface area contributed by atoms with Gasteiger partial charge in [0.2, 0.25) is 5.13 Å². The lowest BCUT2D eigenvalue weighted by molar-refractivity contribution is -0.117. The predicted octanol–water partition coefficient (Wildman–Crippen LogP) is 6.58. The van der Waals surface area contributed by atoms with Crippen LogP contribution in [0.15, 0.2) is 107 Å². The van der Waals surface area contributed by atoms with Gasteiger partial charge in [0.1, 0.15) is 0 Å². The maximum absolute atomic E-state index is 13.4. The van der Waals surface area contributed by atoms with Crippen LogP contribution in [0.4, 0.5) is 5.13 Å². The van der Waals surface area contributed by atoms with Gasteiger partial charge in [0, 0.05) is 5.75 Å². The van der Waals surface area contributed by atoms with Gasteiger partial charge in [-0.2, -0.15) is 0 Å². The predicted molar refractivity (Wildman–Crippen MR) is 152 cm³/mol. The van der Waals surface area contributed by atoms with Crippen molar-refractivity contribution in [2.24, 2.45) is 0 Å². The summed E-state index contributed by atoms with van der Waals surface area (Å²) in [7, 11) is 0. The highest BCUT2D eigenvalue weighted by Crippen LogP contribution is 2.43. The van der Waals surface area contributed by atoms with E-state index in [2.05, 4.69) is 17.1 Å². The molecular weight excluding hydrogens is 514 g/mol. The Balaban J connectivity index is 1.47. The van der Waals surface area contributed by atoms with E-state index in [4.69, 9.17) is 0 Å². The number of carbonyl (C=O) groups excluding carboxylic acids is 2. The van der Waals surface area contributed by atoms with Crippen LogP contribution in [0.2, 0.25) is 0 Å². The van der Waals surface area contributed by atoms with Crippen LogP contribution in [-0.4, -0.2) is 27.0 Å². The normalized spacial score (nSPS) is 15.6. The Morgan fingerprint density at radius 2 is 1.66 bits per heavy atom. The van der Waals surface area contributed by atoms with Crippen LogP contribution in [0.25, 0.3) is 6.08 Å². The van der Waals surface area contributed by atoms with Crippen molar-refractivity contribution in [1.29, 1.82) is 0 Å². The molecule has 190 valence electrons. The van der Waals surface area contributed by atoms with Gasteiger partial charge in [0.25, 0.3) is 5.91 Å². The second-order valence-corrected chi connectivity index (χ2v) is 10.8. The Kier molecular flexibility index (Phi) is 7.81. The van der Waals surface area contributed by atoms with E-state index in [-0.39, 0.29) is 5.57 Å². The molecule has 1 aliphatic heterocycles. The number of ketones is 1. The van der Waals surface area contributed by atoms with Gasteiger partial charge in [-0.1, -0.05) is 121 Å². The second-order valence-electron chi connectivity index (χ2n) is 8.67. The van der Waals surface area contributed by atoms with E-state index in [0.29, 0.717) is 20.8 Å². The zero-order valence-electron chi connectivity index (χ0n) is 20.7. The van der Waals surface area contributed by atoms with Crippen molar-refractivity contribution in [1.82, 2.24) is 10.2 Å². The first kappa shape index (κ1) is 25.6. The summed E-state index contributed by atoms with van der Waals surface area (Å²) in [4.78, 5) is 28.1. The Morgan fingerprint density at radius 3 is 2.34 bits per heavy atom. The van der Waals surface area contributed by atoms with Gasteiger partial charge in [-0.05, 0) is 34.8 Å². The van der Waals surface area contributed by atoms with Crippen LogP contribution >= 0.6 is 23.1 Å². The first-order valence-electron chi connectivity index (χ1n) is 12.2. The number of aliphatic hydroxyl groups excluding tert-OH is 1. The molecule has 0 saturated carbocycles. The second kappa shape index (κ2) is 11.6. The maximum atomic E-state index is 13.4. The topological polar surface area (TPSA) is 83.4 Å². The molecule has 0 spiro atoms. The molecule has 0 fully saturated rings. The first-order chi connectivity index (χ1) is 18.5. The molecule has 1 amide bonds. The number of hydrogen-bond donors (Lipinski definition) is 1. The summed E-state index contributed by atoms with van der Waals surface area (Å²) in [6, 6.07) is 26.3. The van der Waals surface area contributed by atoms with Crippen LogP contribution in [0, 0.1) is 0 Å². The number of aromatic nitrogens is 2. The summed E-state index contributed by atoms with van der Waals surface area (Å²) >= 11 is 2.79. The third kappa shape index (κ3) is 5.46. The fourth-order valence-corrected chi connectivity index (χ4v) is 6.03.